The molecule has 3 nitrogen and oxygen atoms in total. The van der Waals surface area contributed by atoms with E-state index in [-0.39, 0.29) is 0 Å². The second-order valence-electron chi connectivity index (χ2n) is 3.37. The van der Waals surface area contributed by atoms with Gasteiger partial charge >= 0.3 is 0 Å². The van der Waals surface area contributed by atoms with Crippen LogP contribution >= 0.6 is 11.6 Å². The van der Waals surface area contributed by atoms with Crippen LogP contribution in [0.5, 0.6) is 0 Å². The zero-order valence-corrected chi connectivity index (χ0v) is 9.86. The largest absolute Gasteiger partial charge is 0.313 e. The van der Waals surface area contributed by atoms with E-state index in [0.717, 1.165) is 42.3 Å². The Morgan fingerprint density at radius 1 is 1.43 bits per heavy atom. The van der Waals surface area contributed by atoms with E-state index >= 15 is 0 Å². The molecule has 0 radical (unpaired) electrons. The van der Waals surface area contributed by atoms with Crippen LogP contribution in [-0.2, 0) is 20.0 Å². The zero-order valence-electron chi connectivity index (χ0n) is 9.10. The summed E-state index contributed by atoms with van der Waals surface area (Å²) >= 11 is 6.13. The predicted molar refractivity (Wildman–Crippen MR) is 59.6 cm³/mol. The molecule has 0 saturated heterocycles. The van der Waals surface area contributed by atoms with E-state index in [2.05, 4.69) is 24.3 Å². The molecular formula is C10H18ClN3. The number of aryl methyl sites for hydroxylation is 2. The SMILES string of the molecule is CCCNCc1c(CC)nn(C)c1Cl. The highest BCUT2D eigenvalue weighted by atomic mass is 35.5. The molecule has 0 aliphatic heterocycles. The van der Waals surface area contributed by atoms with Crippen molar-refractivity contribution in [3.8, 4) is 0 Å². The molecule has 80 valence electrons. The van der Waals surface area contributed by atoms with Gasteiger partial charge in [-0.15, -0.1) is 0 Å². The minimum atomic E-state index is 0.755. The van der Waals surface area contributed by atoms with Crippen LogP contribution in [0, 0.1) is 0 Å². The summed E-state index contributed by atoms with van der Waals surface area (Å²) in [4.78, 5) is 0. The van der Waals surface area contributed by atoms with Gasteiger partial charge in [-0.2, -0.15) is 5.10 Å². The van der Waals surface area contributed by atoms with Crippen molar-refractivity contribution in [2.24, 2.45) is 7.05 Å². The molecule has 0 aliphatic rings. The Balaban J connectivity index is 2.72. The van der Waals surface area contributed by atoms with Crippen LogP contribution in [0.2, 0.25) is 5.15 Å². The molecule has 1 N–H and O–H groups in total. The molecule has 0 unspecified atom stereocenters. The maximum absolute atomic E-state index is 6.13. The van der Waals surface area contributed by atoms with Crippen LogP contribution in [0.25, 0.3) is 0 Å². The molecule has 4 heteroatoms. The Morgan fingerprint density at radius 3 is 2.71 bits per heavy atom. The fourth-order valence-corrected chi connectivity index (χ4v) is 1.66. The van der Waals surface area contributed by atoms with E-state index in [1.165, 1.54) is 0 Å². The van der Waals surface area contributed by atoms with Crippen molar-refractivity contribution in [3.63, 3.8) is 0 Å². The lowest BCUT2D eigenvalue weighted by molar-refractivity contribution is 0.671. The van der Waals surface area contributed by atoms with E-state index in [0.29, 0.717) is 0 Å². The van der Waals surface area contributed by atoms with E-state index < -0.39 is 0 Å². The molecule has 0 aliphatic carbocycles. The number of rotatable bonds is 5. The third kappa shape index (κ3) is 2.49. The normalized spacial score (nSPS) is 10.9. The predicted octanol–water partition coefficient (Wildman–Crippen LogP) is 2.14. The molecule has 14 heavy (non-hydrogen) atoms. The van der Waals surface area contributed by atoms with E-state index in [1.807, 2.05) is 7.05 Å². The minimum absolute atomic E-state index is 0.755. The molecule has 0 spiro atoms. The number of nitrogens with zero attached hydrogens (tertiary/aromatic N) is 2. The quantitative estimate of drug-likeness (QED) is 0.763. The van der Waals surface area contributed by atoms with Crippen molar-refractivity contribution < 1.29 is 0 Å². The average Bonchev–Trinajstić information content (AvgIpc) is 2.45. The molecular weight excluding hydrogens is 198 g/mol. The van der Waals surface area contributed by atoms with Gasteiger partial charge in [0, 0.05) is 19.2 Å². The topological polar surface area (TPSA) is 29.9 Å². The number of aromatic nitrogens is 2. The van der Waals surface area contributed by atoms with Crippen molar-refractivity contribution >= 4 is 11.6 Å². The Morgan fingerprint density at radius 2 is 2.14 bits per heavy atom. The van der Waals surface area contributed by atoms with Crippen LogP contribution in [-0.4, -0.2) is 16.3 Å². The molecule has 0 amide bonds. The lowest BCUT2D eigenvalue weighted by atomic mass is 10.2. The third-order valence-electron chi connectivity index (χ3n) is 2.22. The molecule has 1 heterocycles. The van der Waals surface area contributed by atoms with Gasteiger partial charge in [-0.05, 0) is 19.4 Å². The summed E-state index contributed by atoms with van der Waals surface area (Å²) in [7, 11) is 1.88. The molecule has 1 rings (SSSR count). The maximum Gasteiger partial charge on any atom is 0.131 e. The number of hydrogen-bond donors (Lipinski definition) is 1. The highest BCUT2D eigenvalue weighted by Gasteiger charge is 2.11. The van der Waals surface area contributed by atoms with Crippen LogP contribution in [0.15, 0.2) is 0 Å². The van der Waals surface area contributed by atoms with Gasteiger partial charge in [0.1, 0.15) is 5.15 Å². The fourth-order valence-electron chi connectivity index (χ4n) is 1.45. The van der Waals surface area contributed by atoms with Crippen molar-refractivity contribution in [2.45, 2.75) is 33.2 Å². The summed E-state index contributed by atoms with van der Waals surface area (Å²) in [6.07, 6.45) is 2.07. The average molecular weight is 216 g/mol. The molecule has 1 aromatic rings. The molecule has 1 aromatic heterocycles. The molecule has 0 aromatic carbocycles. The van der Waals surface area contributed by atoms with Crippen molar-refractivity contribution in [3.05, 3.63) is 16.4 Å². The first-order chi connectivity index (χ1) is 6.70. The van der Waals surface area contributed by atoms with Gasteiger partial charge in [0.15, 0.2) is 0 Å². The Kier molecular flexibility index (Phi) is 4.42. The van der Waals surface area contributed by atoms with E-state index in [4.69, 9.17) is 11.6 Å². The Hall–Kier alpha value is -0.540. The summed E-state index contributed by atoms with van der Waals surface area (Å²) in [6.45, 7) is 6.10. The van der Waals surface area contributed by atoms with Crippen LogP contribution in [0.4, 0.5) is 0 Å². The molecule has 0 atom stereocenters. The standard InChI is InChI=1S/C10H18ClN3/c1-4-6-12-7-8-9(5-2)13-14(3)10(8)11/h12H,4-7H2,1-3H3. The highest BCUT2D eigenvalue weighted by molar-refractivity contribution is 6.30. The first-order valence-corrected chi connectivity index (χ1v) is 5.49. The summed E-state index contributed by atoms with van der Waals surface area (Å²) < 4.78 is 1.74. The molecule has 0 bridgehead atoms. The smallest absolute Gasteiger partial charge is 0.131 e. The second kappa shape index (κ2) is 5.37. The van der Waals surface area contributed by atoms with Crippen molar-refractivity contribution in [1.29, 1.82) is 0 Å². The maximum atomic E-state index is 6.13. The second-order valence-corrected chi connectivity index (χ2v) is 3.73. The number of halogens is 1. The first kappa shape index (κ1) is 11.5. The van der Waals surface area contributed by atoms with Crippen molar-refractivity contribution in [1.82, 2.24) is 15.1 Å². The van der Waals surface area contributed by atoms with Gasteiger partial charge in [-0.3, -0.25) is 4.68 Å². The number of nitrogens with one attached hydrogen (secondary N) is 1. The van der Waals surface area contributed by atoms with Gasteiger partial charge in [0.25, 0.3) is 0 Å². The van der Waals surface area contributed by atoms with Gasteiger partial charge in [0.05, 0.1) is 5.69 Å². The molecule has 0 saturated carbocycles. The summed E-state index contributed by atoms with van der Waals surface area (Å²) in [5, 5.41) is 8.45. The highest BCUT2D eigenvalue weighted by Crippen LogP contribution is 2.19. The van der Waals surface area contributed by atoms with Gasteiger partial charge < -0.3 is 5.32 Å². The lowest BCUT2D eigenvalue weighted by Crippen LogP contribution is -2.14. The Bertz CT molecular complexity index is 294. The monoisotopic (exact) mass is 215 g/mol. The van der Waals surface area contributed by atoms with E-state index in [1.54, 1.807) is 4.68 Å². The molecule has 0 fully saturated rings. The summed E-state index contributed by atoms with van der Waals surface area (Å²) in [6, 6.07) is 0. The van der Waals surface area contributed by atoms with Crippen molar-refractivity contribution in [2.75, 3.05) is 6.54 Å². The Labute approximate surface area is 90.4 Å². The lowest BCUT2D eigenvalue weighted by Gasteiger charge is -2.02. The summed E-state index contributed by atoms with van der Waals surface area (Å²) in [5.41, 5.74) is 2.24. The first-order valence-electron chi connectivity index (χ1n) is 5.11. The van der Waals surface area contributed by atoms with Crippen LogP contribution in [0.3, 0.4) is 0 Å². The third-order valence-corrected chi connectivity index (χ3v) is 2.69. The minimum Gasteiger partial charge on any atom is -0.313 e. The fraction of sp³-hybridized carbons (Fsp3) is 0.700. The van der Waals surface area contributed by atoms with Crippen LogP contribution < -0.4 is 5.32 Å². The van der Waals surface area contributed by atoms with Gasteiger partial charge in [0.2, 0.25) is 0 Å². The summed E-state index contributed by atoms with van der Waals surface area (Å²) in [5.74, 6) is 0. The van der Waals surface area contributed by atoms with Gasteiger partial charge in [-0.1, -0.05) is 25.4 Å². The van der Waals surface area contributed by atoms with Gasteiger partial charge in [-0.25, -0.2) is 0 Å². The van der Waals surface area contributed by atoms with Crippen LogP contribution in [0.1, 0.15) is 31.5 Å². The van der Waals surface area contributed by atoms with E-state index in [9.17, 15) is 0 Å². The number of hydrogen-bond acceptors (Lipinski definition) is 2. The zero-order chi connectivity index (χ0) is 10.6.